The van der Waals surface area contributed by atoms with Gasteiger partial charge in [0.15, 0.2) is 23.8 Å². The third kappa shape index (κ3) is 8.61. The van der Waals surface area contributed by atoms with Crippen molar-refractivity contribution >= 4 is 35.0 Å². The number of Topliss-reactive ketones (excluding diaryl/α,β-unsaturated/α-hetero) is 2. The van der Waals surface area contributed by atoms with Crippen molar-refractivity contribution in [3.05, 3.63) is 46.1 Å². The molecule has 0 aromatic heterocycles. The first-order chi connectivity index (χ1) is 28.6. The first kappa shape index (κ1) is 46.2. The highest BCUT2D eigenvalue weighted by Gasteiger charge is 2.79. The average molecular weight is 861 g/mol. The quantitative estimate of drug-likeness (QED) is 0.0956. The summed E-state index contributed by atoms with van der Waals surface area (Å²) in [6.07, 6.45) is -2.68. The standard InChI is InChI=1S/C42H61FN6O12/c1-22-20-40(6,57-10)35(59-37-32(51)30(46(8)9)18-23(2)58-37)25(4)34(52)41(7,43)38(53)60-36-26(5)42(36)33(24(3)31(22)50)48(39(54)61-42)17-12-11-16-47-21-29(44-45-47)27-14-13-15-28(19-27)49(55)56/h13-15,19,21-26,30,32-33,35-37,44-45,51H,11-12,16-18,20H2,1-10H3/t22-,23-,24+,25+,26?,30+,32-,33?,35-,36?,37?,40+,41+,42+/m1/s1. The molecule has 1 amide bonds. The Hall–Kier alpha value is -4.27. The fraction of sp³-hybridized carbons (Fsp3) is 0.714. The number of nitro benzene ring substituents is 1. The summed E-state index contributed by atoms with van der Waals surface area (Å²) in [5, 5.41) is 24.4. The molecule has 3 N–H and O–H groups in total. The van der Waals surface area contributed by atoms with Crippen molar-refractivity contribution in [3.63, 3.8) is 0 Å². The van der Waals surface area contributed by atoms with E-state index in [-0.39, 0.29) is 36.6 Å². The summed E-state index contributed by atoms with van der Waals surface area (Å²) < 4.78 is 47.2. The van der Waals surface area contributed by atoms with Crippen LogP contribution >= 0.6 is 0 Å². The number of hydrogen-bond donors (Lipinski definition) is 3. The predicted molar refractivity (Wildman–Crippen MR) is 216 cm³/mol. The van der Waals surface area contributed by atoms with Crippen LogP contribution in [0, 0.1) is 33.8 Å². The number of rotatable bonds is 11. The van der Waals surface area contributed by atoms with E-state index in [2.05, 4.69) is 11.0 Å². The molecule has 1 aliphatic carbocycles. The number of amides is 1. The van der Waals surface area contributed by atoms with Gasteiger partial charge in [0, 0.05) is 73.8 Å². The third-order valence-corrected chi connectivity index (χ3v) is 13.5. The van der Waals surface area contributed by atoms with Gasteiger partial charge in [0.2, 0.25) is 0 Å². The van der Waals surface area contributed by atoms with Gasteiger partial charge in [-0.25, -0.2) is 14.0 Å². The molecular formula is C42H61FN6O12. The Balaban J connectivity index is 1.25. The lowest BCUT2D eigenvalue weighted by Gasteiger charge is -2.47. The van der Waals surface area contributed by atoms with Crippen LogP contribution in [0.1, 0.15) is 79.7 Å². The van der Waals surface area contributed by atoms with Gasteiger partial charge >= 0.3 is 12.1 Å². The number of unbranched alkanes of at least 4 members (excludes halogenated alkanes) is 1. The van der Waals surface area contributed by atoms with Gasteiger partial charge in [0.05, 0.1) is 34.5 Å². The lowest BCUT2D eigenvalue weighted by atomic mass is 9.75. The number of halogens is 1. The second-order valence-corrected chi connectivity index (χ2v) is 18.1. The van der Waals surface area contributed by atoms with Crippen molar-refractivity contribution in [3.8, 4) is 0 Å². The molecule has 4 fully saturated rings. The Kier molecular flexibility index (Phi) is 13.2. The number of nitro groups is 1. The van der Waals surface area contributed by atoms with E-state index in [1.54, 1.807) is 51.0 Å². The summed E-state index contributed by atoms with van der Waals surface area (Å²) in [6, 6.07) is 4.94. The molecule has 1 spiro atoms. The van der Waals surface area contributed by atoms with Crippen LogP contribution < -0.4 is 11.0 Å². The van der Waals surface area contributed by atoms with Gasteiger partial charge in [-0.15, -0.1) is 5.53 Å². The number of nitrogens with zero attached hydrogens (tertiary/aromatic N) is 4. The Morgan fingerprint density at radius 1 is 1.07 bits per heavy atom. The summed E-state index contributed by atoms with van der Waals surface area (Å²) in [5.74, 6) is -6.49. The molecule has 4 aliphatic heterocycles. The number of aliphatic hydroxyl groups excluding tert-OH is 1. The lowest BCUT2D eigenvalue weighted by molar-refractivity contribution is -0.384. The van der Waals surface area contributed by atoms with Crippen LogP contribution in [0.5, 0.6) is 0 Å². The normalized spacial score (nSPS) is 39.5. The molecule has 14 atom stereocenters. The lowest BCUT2D eigenvalue weighted by Crippen LogP contribution is -2.60. The number of nitrogens with one attached hydrogen (secondary N) is 2. The van der Waals surface area contributed by atoms with Crippen molar-refractivity contribution in [2.45, 2.75) is 134 Å². The molecule has 1 saturated carbocycles. The summed E-state index contributed by atoms with van der Waals surface area (Å²) in [4.78, 5) is 70.6. The molecule has 1 aromatic carbocycles. The van der Waals surface area contributed by atoms with Crippen LogP contribution in [0.3, 0.4) is 0 Å². The smallest absolute Gasteiger partial charge is 0.410 e. The highest BCUT2D eigenvalue weighted by Crippen LogP contribution is 2.59. The maximum absolute atomic E-state index is 16.8. The number of esters is 1. The van der Waals surface area contributed by atoms with E-state index in [1.165, 1.54) is 31.1 Å². The second kappa shape index (κ2) is 17.5. The molecule has 4 unspecified atom stereocenters. The van der Waals surface area contributed by atoms with Crippen molar-refractivity contribution < 1.29 is 57.3 Å². The minimum Gasteiger partial charge on any atom is -0.455 e. The van der Waals surface area contributed by atoms with Crippen molar-refractivity contribution in [2.24, 2.45) is 23.7 Å². The highest BCUT2D eigenvalue weighted by atomic mass is 19.1. The minimum atomic E-state index is -3.18. The topological polar surface area (TPSA) is 212 Å². The number of ketones is 2. The number of methoxy groups -OCH3 is 1. The largest absolute Gasteiger partial charge is 0.455 e. The van der Waals surface area contributed by atoms with Crippen LogP contribution in [0.4, 0.5) is 14.9 Å². The summed E-state index contributed by atoms with van der Waals surface area (Å²) in [7, 11) is 5.01. The fourth-order valence-electron chi connectivity index (χ4n) is 9.90. The predicted octanol–water partition coefficient (Wildman–Crippen LogP) is 3.51. The first-order valence-corrected chi connectivity index (χ1v) is 21.0. The molecule has 61 heavy (non-hydrogen) atoms. The molecule has 18 nitrogen and oxygen atoms in total. The average Bonchev–Trinajstić information content (AvgIpc) is 3.50. The van der Waals surface area contributed by atoms with Gasteiger partial charge < -0.3 is 44.0 Å². The molecule has 19 heteroatoms. The van der Waals surface area contributed by atoms with E-state index < -0.39 is 94.0 Å². The monoisotopic (exact) mass is 860 g/mol. The maximum Gasteiger partial charge on any atom is 0.410 e. The molecule has 338 valence electrons. The van der Waals surface area contributed by atoms with Crippen LogP contribution in [-0.2, 0) is 38.1 Å². The number of carbonyl (C=O) groups excluding carboxylic acids is 4. The number of carbonyl (C=O) groups is 4. The SMILES string of the molecule is CO[C@@]1(C)C[C@@H](C)C(=O)[C@H](C)C2N(CCCCN3C=C(c4cccc([N+](=O)[O-])c4)NN3)C(=O)O[C@@]23C(C)C3OC(=O)[C@@](C)(F)C(=O)[C@H](C)[C@H]1OC1O[C@H](C)C[C@H](N(C)C)[C@H]1O. The number of benzene rings is 1. The van der Waals surface area contributed by atoms with Crippen molar-refractivity contribution in [2.75, 3.05) is 34.3 Å². The minimum absolute atomic E-state index is 0.0197. The van der Waals surface area contributed by atoms with Crippen LogP contribution in [0.2, 0.25) is 0 Å². The maximum atomic E-state index is 16.8. The molecule has 3 saturated heterocycles. The van der Waals surface area contributed by atoms with E-state index >= 15 is 4.39 Å². The van der Waals surface area contributed by atoms with Gasteiger partial charge in [0.1, 0.15) is 11.9 Å². The Morgan fingerprint density at radius 2 is 1.75 bits per heavy atom. The van der Waals surface area contributed by atoms with Gasteiger partial charge in [-0.05, 0) is 60.5 Å². The number of aliphatic hydroxyl groups is 1. The van der Waals surface area contributed by atoms with Gasteiger partial charge in [-0.2, -0.15) is 0 Å². The number of hydrogen-bond acceptors (Lipinski definition) is 16. The Labute approximate surface area is 355 Å². The van der Waals surface area contributed by atoms with Gasteiger partial charge in [-0.3, -0.25) is 24.7 Å². The second-order valence-electron chi connectivity index (χ2n) is 18.1. The zero-order valence-electron chi connectivity index (χ0n) is 36.6. The van der Waals surface area contributed by atoms with Crippen LogP contribution in [0.15, 0.2) is 30.5 Å². The number of hydrazine groups is 2. The molecule has 4 heterocycles. The highest BCUT2D eigenvalue weighted by molar-refractivity contribution is 6.08. The van der Waals surface area contributed by atoms with Gasteiger partial charge in [-0.1, -0.05) is 39.8 Å². The molecule has 6 rings (SSSR count). The van der Waals surface area contributed by atoms with Crippen LogP contribution in [-0.4, -0.2) is 142 Å². The first-order valence-electron chi connectivity index (χ1n) is 21.0. The van der Waals surface area contributed by atoms with Gasteiger partial charge in [0.25, 0.3) is 11.4 Å². The zero-order valence-corrected chi connectivity index (χ0v) is 36.6. The summed E-state index contributed by atoms with van der Waals surface area (Å²) in [6.45, 7) is 11.5. The number of likely N-dealkylation sites (N-methyl/N-ethyl adjacent to an activating group) is 1. The summed E-state index contributed by atoms with van der Waals surface area (Å²) >= 11 is 0. The summed E-state index contributed by atoms with van der Waals surface area (Å²) in [5.41, 5.74) is 1.11. The van der Waals surface area contributed by atoms with E-state index in [9.17, 15) is 34.4 Å². The van der Waals surface area contributed by atoms with Crippen molar-refractivity contribution in [1.29, 1.82) is 0 Å². The molecule has 0 radical (unpaired) electrons. The third-order valence-electron chi connectivity index (χ3n) is 13.5. The van der Waals surface area contributed by atoms with E-state index in [1.807, 2.05) is 25.9 Å². The Bertz CT molecular complexity index is 1900. The molecule has 5 aliphatic rings. The van der Waals surface area contributed by atoms with E-state index in [0.717, 1.165) is 6.92 Å². The fourth-order valence-corrected chi connectivity index (χ4v) is 9.90. The number of ether oxygens (including phenoxy) is 5. The van der Waals surface area contributed by atoms with Crippen molar-refractivity contribution in [1.82, 2.24) is 25.8 Å². The molecule has 1 aromatic rings. The van der Waals surface area contributed by atoms with E-state index in [4.69, 9.17) is 23.7 Å². The van der Waals surface area contributed by atoms with E-state index in [0.29, 0.717) is 37.1 Å². The van der Waals surface area contributed by atoms with Crippen LogP contribution in [0.25, 0.3) is 5.70 Å². The molecule has 0 bridgehead atoms. The number of alkyl halides is 1. The number of non-ortho nitro benzene ring substituents is 1. The molecular weight excluding hydrogens is 799 g/mol. The Morgan fingerprint density at radius 3 is 2.41 bits per heavy atom. The zero-order chi connectivity index (χ0) is 44.9.